The second kappa shape index (κ2) is 8.86. The Morgan fingerprint density at radius 1 is 1.16 bits per heavy atom. The molecular weight excluding hydrogens is 488 g/mol. The number of hydrogen-bond donors (Lipinski definition) is 2. The van der Waals surface area contributed by atoms with Gasteiger partial charge < -0.3 is 15.2 Å². The van der Waals surface area contributed by atoms with Gasteiger partial charge in [0.15, 0.2) is 11.7 Å². The summed E-state index contributed by atoms with van der Waals surface area (Å²) in [6, 6.07) is 4.05. The molecule has 12 heteroatoms. The first-order chi connectivity index (χ1) is 17.5. The highest BCUT2D eigenvalue weighted by atomic mass is 19.1. The molecule has 4 aliphatic rings. The molecule has 2 bridgehead atoms. The highest BCUT2D eigenvalue weighted by Crippen LogP contribution is 2.44. The van der Waals surface area contributed by atoms with E-state index in [1.807, 2.05) is 0 Å². The topological polar surface area (TPSA) is 134 Å². The van der Waals surface area contributed by atoms with E-state index in [0.29, 0.717) is 16.9 Å². The lowest BCUT2D eigenvalue weighted by Crippen LogP contribution is -2.64. The summed E-state index contributed by atoms with van der Waals surface area (Å²) in [6.07, 6.45) is 0.296. The largest absolute Gasteiger partial charge is 0.361 e. The van der Waals surface area contributed by atoms with E-state index in [0.717, 1.165) is 4.90 Å². The standard InChI is InChI=1S/C25H25F2N5O5/c1-13-9-15(3-4-16(13)26)11-28-21(35)18-19(33)22(36)32-12-24(27)5-7-25(8-6-24,23(32)29-18)30-20(34)17-10-14(2)37-31-17/h3-4,9-10,18H,5-8,11-12H2,1-2H3,(H,28,35)(H,30,34). The Morgan fingerprint density at radius 3 is 2.54 bits per heavy atom. The summed E-state index contributed by atoms with van der Waals surface area (Å²) in [7, 11) is 0. The van der Waals surface area contributed by atoms with Gasteiger partial charge in [-0.15, -0.1) is 0 Å². The van der Waals surface area contributed by atoms with Crippen LogP contribution in [0.4, 0.5) is 8.78 Å². The molecule has 10 nitrogen and oxygen atoms in total. The fraction of sp³-hybridized carbons (Fsp3) is 0.440. The highest BCUT2D eigenvalue weighted by Gasteiger charge is 2.58. The molecule has 3 aliphatic heterocycles. The molecule has 2 saturated heterocycles. The van der Waals surface area contributed by atoms with Crippen molar-refractivity contribution in [2.24, 2.45) is 4.99 Å². The number of rotatable bonds is 5. The van der Waals surface area contributed by atoms with E-state index in [4.69, 9.17) is 4.52 Å². The van der Waals surface area contributed by atoms with Gasteiger partial charge in [0, 0.05) is 12.6 Å². The zero-order chi connectivity index (χ0) is 26.5. The van der Waals surface area contributed by atoms with Gasteiger partial charge in [-0.05, 0) is 56.7 Å². The lowest BCUT2D eigenvalue weighted by atomic mass is 9.76. The van der Waals surface area contributed by atoms with Gasteiger partial charge >= 0.3 is 0 Å². The first kappa shape index (κ1) is 24.7. The van der Waals surface area contributed by atoms with Crippen molar-refractivity contribution in [1.82, 2.24) is 20.7 Å². The summed E-state index contributed by atoms with van der Waals surface area (Å²) in [5, 5.41) is 9.12. The Balaban J connectivity index is 1.46. The van der Waals surface area contributed by atoms with Crippen LogP contribution in [-0.4, -0.2) is 63.2 Å². The summed E-state index contributed by atoms with van der Waals surface area (Å²) in [6.45, 7) is 2.80. The minimum Gasteiger partial charge on any atom is -0.361 e. The minimum absolute atomic E-state index is 0.00227. The number of aryl methyl sites for hydroxylation is 2. The maximum absolute atomic E-state index is 15.5. The molecule has 1 atom stereocenters. The third kappa shape index (κ3) is 4.40. The van der Waals surface area contributed by atoms with Crippen molar-refractivity contribution in [2.75, 3.05) is 6.54 Å². The van der Waals surface area contributed by atoms with Crippen LogP contribution in [-0.2, 0) is 20.9 Å². The number of ketones is 1. The van der Waals surface area contributed by atoms with Crippen molar-refractivity contribution in [2.45, 2.75) is 63.3 Å². The number of benzene rings is 1. The van der Waals surface area contributed by atoms with Crippen LogP contribution in [0.5, 0.6) is 0 Å². The molecular formula is C25H25F2N5O5. The van der Waals surface area contributed by atoms with Crippen LogP contribution in [0.1, 0.15) is 53.1 Å². The molecule has 0 radical (unpaired) electrons. The summed E-state index contributed by atoms with van der Waals surface area (Å²) in [5.74, 6) is -3.56. The van der Waals surface area contributed by atoms with Gasteiger partial charge in [0.05, 0.1) is 12.1 Å². The summed E-state index contributed by atoms with van der Waals surface area (Å²) in [5.41, 5.74) is -2.04. The number of nitrogens with zero attached hydrogens (tertiary/aromatic N) is 3. The van der Waals surface area contributed by atoms with Gasteiger partial charge in [-0.2, -0.15) is 0 Å². The molecule has 2 aromatic rings. The van der Waals surface area contributed by atoms with Crippen molar-refractivity contribution < 1.29 is 32.5 Å². The normalized spacial score (nSPS) is 26.9. The zero-order valence-corrected chi connectivity index (χ0v) is 20.3. The molecule has 3 amide bonds. The Bertz CT molecular complexity index is 1340. The summed E-state index contributed by atoms with van der Waals surface area (Å²) < 4.78 is 34.0. The fourth-order valence-corrected chi connectivity index (χ4v) is 5.13. The smallest absolute Gasteiger partial charge is 0.298 e. The van der Waals surface area contributed by atoms with Gasteiger partial charge in [-0.3, -0.25) is 24.1 Å². The number of aliphatic imine (C=N–C) groups is 1. The number of alkyl halides is 1. The van der Waals surface area contributed by atoms with E-state index in [1.165, 1.54) is 18.2 Å². The molecule has 3 fully saturated rings. The number of Topliss-reactive ketones (excluding diaryl/α,β-unsaturated/α-hetero) is 1. The predicted molar refractivity (Wildman–Crippen MR) is 125 cm³/mol. The molecule has 1 unspecified atom stereocenters. The third-order valence-electron chi connectivity index (χ3n) is 7.23. The number of fused-ring (bicyclic) bond motifs is 2. The quantitative estimate of drug-likeness (QED) is 0.462. The van der Waals surface area contributed by atoms with Gasteiger partial charge in [0.25, 0.3) is 23.5 Å². The Labute approximate surface area is 210 Å². The molecule has 1 aliphatic carbocycles. The van der Waals surface area contributed by atoms with Gasteiger partial charge in [-0.25, -0.2) is 13.8 Å². The SMILES string of the molecule is Cc1cc(C(=O)NC23CCC(F)(CC2)CN2C(=O)C(=O)C(C(=O)NCc4ccc(F)c(C)c4)N=C23)no1. The number of nitrogens with one attached hydrogen (secondary N) is 2. The molecule has 6 rings (SSSR count). The maximum atomic E-state index is 15.5. The number of amidine groups is 1. The van der Waals surface area contributed by atoms with Crippen LogP contribution in [0, 0.1) is 19.7 Å². The van der Waals surface area contributed by atoms with E-state index in [1.54, 1.807) is 19.9 Å². The highest BCUT2D eigenvalue weighted by molar-refractivity contribution is 6.46. The third-order valence-corrected chi connectivity index (χ3v) is 7.23. The number of aromatic nitrogens is 1. The fourth-order valence-electron chi connectivity index (χ4n) is 5.13. The zero-order valence-electron chi connectivity index (χ0n) is 20.3. The Morgan fingerprint density at radius 2 is 1.89 bits per heavy atom. The van der Waals surface area contributed by atoms with E-state index >= 15 is 4.39 Å². The first-order valence-corrected chi connectivity index (χ1v) is 11.9. The van der Waals surface area contributed by atoms with Crippen molar-refractivity contribution >= 4 is 29.3 Å². The molecule has 1 aromatic heterocycles. The lowest BCUT2D eigenvalue weighted by Gasteiger charge is -2.40. The number of carbonyl (C=O) groups is 4. The van der Waals surface area contributed by atoms with E-state index in [-0.39, 0.29) is 50.3 Å². The van der Waals surface area contributed by atoms with Crippen LogP contribution in [0.15, 0.2) is 33.8 Å². The summed E-state index contributed by atoms with van der Waals surface area (Å²) >= 11 is 0. The molecule has 2 N–H and O–H groups in total. The van der Waals surface area contributed by atoms with Crippen LogP contribution < -0.4 is 10.6 Å². The number of amides is 3. The van der Waals surface area contributed by atoms with Crippen LogP contribution in [0.2, 0.25) is 0 Å². The molecule has 0 spiro atoms. The number of halogens is 2. The molecule has 1 saturated carbocycles. The Hall–Kier alpha value is -3.96. The average Bonchev–Trinajstić information content (AvgIpc) is 3.21. The van der Waals surface area contributed by atoms with Gasteiger partial charge in [0.2, 0.25) is 0 Å². The second-order valence-corrected chi connectivity index (χ2v) is 9.92. The van der Waals surface area contributed by atoms with Crippen molar-refractivity contribution in [3.63, 3.8) is 0 Å². The molecule has 1 aromatic carbocycles. The summed E-state index contributed by atoms with van der Waals surface area (Å²) in [4.78, 5) is 57.3. The van der Waals surface area contributed by atoms with Gasteiger partial charge in [-0.1, -0.05) is 17.3 Å². The van der Waals surface area contributed by atoms with Crippen molar-refractivity contribution in [3.8, 4) is 0 Å². The van der Waals surface area contributed by atoms with E-state index in [2.05, 4.69) is 20.8 Å². The van der Waals surface area contributed by atoms with Crippen molar-refractivity contribution in [3.05, 3.63) is 52.7 Å². The van der Waals surface area contributed by atoms with Gasteiger partial charge in [0.1, 0.15) is 23.1 Å². The minimum atomic E-state index is -1.75. The van der Waals surface area contributed by atoms with Crippen LogP contribution >= 0.6 is 0 Å². The molecule has 4 heterocycles. The average molecular weight is 514 g/mol. The van der Waals surface area contributed by atoms with Crippen molar-refractivity contribution in [1.29, 1.82) is 0 Å². The van der Waals surface area contributed by atoms with E-state index < -0.39 is 46.6 Å². The van der Waals surface area contributed by atoms with Crippen LogP contribution in [0.3, 0.4) is 0 Å². The monoisotopic (exact) mass is 513 g/mol. The number of carbonyl (C=O) groups excluding carboxylic acids is 4. The van der Waals surface area contributed by atoms with Crippen LogP contribution in [0.25, 0.3) is 0 Å². The second-order valence-electron chi connectivity index (χ2n) is 9.92. The first-order valence-electron chi connectivity index (χ1n) is 11.9. The number of hydrogen-bond acceptors (Lipinski definition) is 7. The predicted octanol–water partition coefficient (Wildman–Crippen LogP) is 1.69. The molecule has 194 valence electrons. The lowest BCUT2D eigenvalue weighted by molar-refractivity contribution is -0.146. The molecule has 37 heavy (non-hydrogen) atoms. The maximum Gasteiger partial charge on any atom is 0.298 e. The van der Waals surface area contributed by atoms with E-state index in [9.17, 15) is 23.6 Å². The Kier molecular flexibility index (Phi) is 5.92.